The van der Waals surface area contributed by atoms with Crippen LogP contribution < -0.4 is 5.32 Å². The molecule has 138 valence electrons. The second kappa shape index (κ2) is 8.18. The van der Waals surface area contributed by atoms with E-state index in [1.807, 2.05) is 59.6 Å². The molecule has 0 atom stereocenters. The number of benzene rings is 2. The highest BCUT2D eigenvalue weighted by Gasteiger charge is 2.15. The van der Waals surface area contributed by atoms with Crippen molar-refractivity contribution in [2.24, 2.45) is 4.99 Å². The fourth-order valence-electron chi connectivity index (χ4n) is 3.29. The van der Waals surface area contributed by atoms with Gasteiger partial charge in [0.15, 0.2) is 5.78 Å². The molecule has 5 nitrogen and oxygen atoms in total. The number of ether oxygens (including phenoxy) is 1. The maximum absolute atomic E-state index is 12.6. The zero-order valence-electron chi connectivity index (χ0n) is 15.2. The van der Waals surface area contributed by atoms with E-state index in [9.17, 15) is 4.79 Å². The van der Waals surface area contributed by atoms with Crippen LogP contribution >= 0.6 is 0 Å². The van der Waals surface area contributed by atoms with Crippen LogP contribution in [0.5, 0.6) is 0 Å². The maximum Gasteiger partial charge on any atom is 0.212 e. The summed E-state index contributed by atoms with van der Waals surface area (Å²) < 4.78 is 5.71. The highest BCUT2D eigenvalue weighted by atomic mass is 16.5. The maximum atomic E-state index is 12.6. The standard InChI is InChI=1S/C22H23N3O2/c26-21(19-7-6-18-8-10-23-13-20(18)12-19)14-25-11-9-22(24-16-25)27-15-17-4-2-1-3-5-17/h1-7,9,11-12,23H,8,10,13-16H2. The highest BCUT2D eigenvalue weighted by Crippen LogP contribution is 2.17. The molecule has 0 spiro atoms. The second-order valence-electron chi connectivity index (χ2n) is 6.81. The number of carbonyl (C=O) groups excluding carboxylic acids is 1. The van der Waals surface area contributed by atoms with Gasteiger partial charge in [-0.3, -0.25) is 4.79 Å². The molecule has 0 aliphatic carbocycles. The number of rotatable bonds is 5. The van der Waals surface area contributed by atoms with Crippen LogP contribution in [-0.2, 0) is 24.3 Å². The van der Waals surface area contributed by atoms with Crippen LogP contribution in [0.15, 0.2) is 65.8 Å². The molecule has 2 aromatic rings. The molecule has 2 aliphatic heterocycles. The molecule has 1 N–H and O–H groups in total. The van der Waals surface area contributed by atoms with Gasteiger partial charge in [0.1, 0.15) is 13.3 Å². The Kier molecular flexibility index (Phi) is 5.30. The van der Waals surface area contributed by atoms with Crippen molar-refractivity contribution in [1.29, 1.82) is 0 Å². The number of hydrogen-bond donors (Lipinski definition) is 1. The first-order valence-corrected chi connectivity index (χ1v) is 9.27. The van der Waals surface area contributed by atoms with Crippen molar-refractivity contribution in [2.75, 3.05) is 19.8 Å². The molecule has 2 aliphatic rings. The summed E-state index contributed by atoms with van der Waals surface area (Å²) in [7, 11) is 0. The molecule has 4 rings (SSSR count). The Morgan fingerprint density at radius 1 is 1.15 bits per heavy atom. The Morgan fingerprint density at radius 3 is 2.85 bits per heavy atom. The lowest BCUT2D eigenvalue weighted by Gasteiger charge is -2.22. The lowest BCUT2D eigenvalue weighted by molar-refractivity contribution is 0.0955. The van der Waals surface area contributed by atoms with Crippen LogP contribution in [0.1, 0.15) is 27.0 Å². The van der Waals surface area contributed by atoms with Gasteiger partial charge in [0.25, 0.3) is 0 Å². The smallest absolute Gasteiger partial charge is 0.212 e. The van der Waals surface area contributed by atoms with Crippen LogP contribution in [-0.4, -0.2) is 36.3 Å². The van der Waals surface area contributed by atoms with Crippen LogP contribution in [0.25, 0.3) is 0 Å². The van der Waals surface area contributed by atoms with E-state index in [4.69, 9.17) is 4.74 Å². The first-order chi connectivity index (χ1) is 13.3. The van der Waals surface area contributed by atoms with Crippen molar-refractivity contribution in [3.8, 4) is 0 Å². The number of nitrogens with zero attached hydrogens (tertiary/aromatic N) is 2. The Labute approximate surface area is 159 Å². The van der Waals surface area contributed by atoms with Gasteiger partial charge in [-0.15, -0.1) is 0 Å². The van der Waals surface area contributed by atoms with Gasteiger partial charge in [-0.05, 0) is 35.7 Å². The fourth-order valence-corrected chi connectivity index (χ4v) is 3.29. The van der Waals surface area contributed by atoms with Crippen LogP contribution in [0.2, 0.25) is 0 Å². The Morgan fingerprint density at radius 2 is 2.04 bits per heavy atom. The normalized spacial score (nSPS) is 15.9. The van der Waals surface area contributed by atoms with Crippen LogP contribution in [0.3, 0.4) is 0 Å². The van der Waals surface area contributed by atoms with E-state index in [0.717, 1.165) is 30.6 Å². The molecule has 0 unspecified atom stereocenters. The van der Waals surface area contributed by atoms with Gasteiger partial charge in [-0.25, -0.2) is 4.99 Å². The minimum atomic E-state index is 0.108. The Balaban J connectivity index is 1.30. The van der Waals surface area contributed by atoms with E-state index in [-0.39, 0.29) is 5.78 Å². The molecule has 0 saturated heterocycles. The van der Waals surface area contributed by atoms with Crippen molar-refractivity contribution in [3.05, 3.63) is 83.1 Å². The summed E-state index contributed by atoms with van der Waals surface area (Å²) in [6.07, 6.45) is 4.72. The minimum Gasteiger partial charge on any atom is -0.473 e. The molecule has 5 heteroatoms. The monoisotopic (exact) mass is 361 g/mol. The molecule has 0 amide bonds. The van der Waals surface area contributed by atoms with E-state index in [2.05, 4.69) is 16.4 Å². The summed E-state index contributed by atoms with van der Waals surface area (Å²) in [5, 5.41) is 3.35. The Bertz CT molecular complexity index is 874. The van der Waals surface area contributed by atoms with Crippen molar-refractivity contribution in [2.45, 2.75) is 19.6 Å². The molecule has 27 heavy (non-hydrogen) atoms. The third kappa shape index (κ3) is 4.44. The zero-order chi connectivity index (χ0) is 18.5. The third-order valence-corrected chi connectivity index (χ3v) is 4.83. The van der Waals surface area contributed by atoms with E-state index in [1.54, 1.807) is 0 Å². The molecule has 0 saturated carbocycles. The third-order valence-electron chi connectivity index (χ3n) is 4.83. The average molecular weight is 361 g/mol. The fraction of sp³-hybridized carbons (Fsp3) is 0.273. The summed E-state index contributed by atoms with van der Waals surface area (Å²) in [4.78, 5) is 18.9. The Hall–Kier alpha value is -2.92. The number of hydrogen-bond acceptors (Lipinski definition) is 5. The van der Waals surface area contributed by atoms with E-state index >= 15 is 0 Å². The number of fused-ring (bicyclic) bond motifs is 1. The summed E-state index contributed by atoms with van der Waals surface area (Å²) in [5.41, 5.74) is 4.44. The predicted octanol–water partition coefficient (Wildman–Crippen LogP) is 2.92. The molecular formula is C22H23N3O2. The van der Waals surface area contributed by atoms with Crippen LogP contribution in [0, 0.1) is 0 Å². The van der Waals surface area contributed by atoms with Crippen molar-refractivity contribution >= 4 is 11.7 Å². The predicted molar refractivity (Wildman–Crippen MR) is 106 cm³/mol. The first-order valence-electron chi connectivity index (χ1n) is 9.27. The number of ketones is 1. The number of nitrogens with one attached hydrogen (secondary N) is 1. The summed E-state index contributed by atoms with van der Waals surface area (Å²) in [5.74, 6) is 0.708. The SMILES string of the molecule is O=C(CN1C=CC(OCc2ccccc2)=NC1)c1ccc2c(c1)CNCC2. The quantitative estimate of drug-likeness (QED) is 0.832. The minimum absolute atomic E-state index is 0.108. The summed E-state index contributed by atoms with van der Waals surface area (Å²) in [6.45, 7) is 3.08. The van der Waals surface area contributed by atoms with Crippen molar-refractivity contribution in [3.63, 3.8) is 0 Å². The molecule has 0 fully saturated rings. The van der Waals surface area contributed by atoms with E-state index < -0.39 is 0 Å². The van der Waals surface area contributed by atoms with Gasteiger partial charge in [0, 0.05) is 24.4 Å². The lowest BCUT2D eigenvalue weighted by atomic mass is 9.97. The van der Waals surface area contributed by atoms with Gasteiger partial charge in [0.2, 0.25) is 5.90 Å². The van der Waals surface area contributed by atoms with Gasteiger partial charge < -0.3 is 15.0 Å². The van der Waals surface area contributed by atoms with Gasteiger partial charge in [0.05, 0.1) is 6.54 Å². The summed E-state index contributed by atoms with van der Waals surface area (Å²) in [6, 6.07) is 16.0. The molecule has 2 heterocycles. The van der Waals surface area contributed by atoms with Gasteiger partial charge in [-0.1, -0.05) is 42.5 Å². The van der Waals surface area contributed by atoms with Crippen LogP contribution in [0.4, 0.5) is 0 Å². The molecule has 2 aromatic carbocycles. The second-order valence-corrected chi connectivity index (χ2v) is 6.81. The number of aliphatic imine (C=N–C) groups is 1. The van der Waals surface area contributed by atoms with Crippen molar-refractivity contribution in [1.82, 2.24) is 10.2 Å². The molecular weight excluding hydrogens is 338 g/mol. The first kappa shape index (κ1) is 17.5. The van der Waals surface area contributed by atoms with E-state index in [0.29, 0.717) is 25.7 Å². The highest BCUT2D eigenvalue weighted by molar-refractivity contribution is 5.98. The molecule has 0 aromatic heterocycles. The average Bonchev–Trinajstić information content (AvgIpc) is 2.73. The van der Waals surface area contributed by atoms with Gasteiger partial charge >= 0.3 is 0 Å². The topological polar surface area (TPSA) is 53.9 Å². The van der Waals surface area contributed by atoms with E-state index in [1.165, 1.54) is 11.1 Å². The zero-order valence-corrected chi connectivity index (χ0v) is 15.2. The number of carbonyl (C=O) groups is 1. The van der Waals surface area contributed by atoms with Gasteiger partial charge in [-0.2, -0.15) is 0 Å². The molecule has 0 bridgehead atoms. The number of Topliss-reactive ketones (excluding diaryl/α,β-unsaturated/α-hetero) is 1. The van der Waals surface area contributed by atoms with Crippen molar-refractivity contribution < 1.29 is 9.53 Å². The summed E-state index contributed by atoms with van der Waals surface area (Å²) >= 11 is 0. The largest absolute Gasteiger partial charge is 0.473 e. The molecule has 0 radical (unpaired) electrons. The lowest BCUT2D eigenvalue weighted by Crippen LogP contribution is -2.29.